The van der Waals surface area contributed by atoms with E-state index >= 15 is 0 Å². The molecule has 2 rings (SSSR count). The predicted molar refractivity (Wildman–Crippen MR) is 79.2 cm³/mol. The van der Waals surface area contributed by atoms with Crippen LogP contribution < -0.4 is 10.5 Å². The molecule has 6 heteroatoms. The van der Waals surface area contributed by atoms with E-state index < -0.39 is 0 Å². The van der Waals surface area contributed by atoms with Gasteiger partial charge in [0, 0.05) is 31.0 Å². The first-order valence-corrected chi connectivity index (χ1v) is 7.89. The molecule has 5 nitrogen and oxygen atoms in total. The molecule has 1 aromatic rings. The summed E-state index contributed by atoms with van der Waals surface area (Å²) in [4.78, 5) is 14.1. The molecule has 1 aliphatic heterocycles. The molecule has 0 unspecified atom stereocenters. The van der Waals surface area contributed by atoms with Crippen LogP contribution in [-0.2, 0) is 11.3 Å². The van der Waals surface area contributed by atoms with Crippen LogP contribution >= 0.6 is 15.9 Å². The topological polar surface area (TPSA) is 47.4 Å². The number of anilines is 1. The lowest BCUT2D eigenvalue weighted by atomic mass is 10.2. The zero-order chi connectivity index (χ0) is 13.5. The smallest absolute Gasteiger partial charge is 0.268 e. The number of rotatable bonds is 6. The Morgan fingerprint density at radius 1 is 1.26 bits per heavy atom. The minimum absolute atomic E-state index is 0.0113. The Bertz CT molecular complexity index is 444. The predicted octanol–water partition coefficient (Wildman–Crippen LogP) is 1.65. The highest BCUT2D eigenvalue weighted by molar-refractivity contribution is 9.09. The van der Waals surface area contributed by atoms with Crippen LogP contribution in [0.15, 0.2) is 17.1 Å². The maximum atomic E-state index is 12.0. The first-order valence-electron chi connectivity index (χ1n) is 6.77. The van der Waals surface area contributed by atoms with Gasteiger partial charge in [-0.2, -0.15) is 5.10 Å². The van der Waals surface area contributed by atoms with Gasteiger partial charge in [0.1, 0.15) is 0 Å². The summed E-state index contributed by atoms with van der Waals surface area (Å²) < 4.78 is 6.86. The normalized spacial score (nSPS) is 15.7. The van der Waals surface area contributed by atoms with Crippen LogP contribution in [0.1, 0.15) is 19.3 Å². The maximum Gasteiger partial charge on any atom is 0.268 e. The highest BCUT2D eigenvalue weighted by atomic mass is 79.9. The Labute approximate surface area is 121 Å². The summed E-state index contributed by atoms with van der Waals surface area (Å²) >= 11 is 3.40. The molecule has 1 saturated heterocycles. The standard InChI is InChI=1S/C13H20BrN3O2/c14-4-2-1-3-5-17-13(18)10-12(11-15-17)16-6-8-19-9-7-16/h10-11H,1-9H2. The van der Waals surface area contributed by atoms with Gasteiger partial charge in [-0.25, -0.2) is 4.68 Å². The molecule has 0 atom stereocenters. The van der Waals surface area contributed by atoms with Crippen LogP contribution in [0.5, 0.6) is 0 Å². The molecule has 1 aromatic heterocycles. The monoisotopic (exact) mass is 329 g/mol. The van der Waals surface area contributed by atoms with E-state index in [0.717, 1.165) is 56.6 Å². The van der Waals surface area contributed by atoms with Gasteiger partial charge >= 0.3 is 0 Å². The van der Waals surface area contributed by atoms with Gasteiger partial charge in [0.25, 0.3) is 5.56 Å². The number of aryl methyl sites for hydroxylation is 1. The SMILES string of the molecule is O=c1cc(N2CCOCC2)cnn1CCCCCBr. The largest absolute Gasteiger partial charge is 0.378 e. The molecular weight excluding hydrogens is 310 g/mol. The molecule has 0 spiro atoms. The van der Waals surface area contributed by atoms with Gasteiger partial charge in [0.2, 0.25) is 0 Å². The van der Waals surface area contributed by atoms with Crippen molar-refractivity contribution in [3.63, 3.8) is 0 Å². The van der Waals surface area contributed by atoms with Gasteiger partial charge in [-0.05, 0) is 12.8 Å². The van der Waals surface area contributed by atoms with Crippen molar-refractivity contribution < 1.29 is 4.74 Å². The number of unbranched alkanes of at least 4 members (excludes halogenated alkanes) is 2. The van der Waals surface area contributed by atoms with Crippen molar-refractivity contribution in [2.75, 3.05) is 36.5 Å². The fourth-order valence-electron chi connectivity index (χ4n) is 2.12. The summed E-state index contributed by atoms with van der Waals surface area (Å²) in [5.41, 5.74) is 0.896. The second-order valence-corrected chi connectivity index (χ2v) is 5.42. The van der Waals surface area contributed by atoms with E-state index in [2.05, 4.69) is 25.9 Å². The Morgan fingerprint density at radius 2 is 2.05 bits per heavy atom. The number of aromatic nitrogens is 2. The van der Waals surface area contributed by atoms with Gasteiger partial charge in [-0.15, -0.1) is 0 Å². The zero-order valence-electron chi connectivity index (χ0n) is 11.1. The second-order valence-electron chi connectivity index (χ2n) is 4.62. The quantitative estimate of drug-likeness (QED) is 0.588. The third kappa shape index (κ3) is 4.31. The minimum atomic E-state index is -0.0113. The highest BCUT2D eigenvalue weighted by Gasteiger charge is 2.12. The van der Waals surface area contributed by atoms with E-state index in [9.17, 15) is 4.79 Å². The third-order valence-corrected chi connectivity index (χ3v) is 3.80. The Hall–Kier alpha value is -0.880. The first kappa shape index (κ1) is 14.5. The molecule has 0 N–H and O–H groups in total. The average Bonchev–Trinajstić information content (AvgIpc) is 2.46. The van der Waals surface area contributed by atoms with Crippen molar-refractivity contribution in [3.05, 3.63) is 22.6 Å². The number of hydrogen-bond donors (Lipinski definition) is 0. The van der Waals surface area contributed by atoms with Crippen molar-refractivity contribution in [2.24, 2.45) is 0 Å². The van der Waals surface area contributed by atoms with Gasteiger partial charge in [0.15, 0.2) is 0 Å². The zero-order valence-corrected chi connectivity index (χ0v) is 12.6. The van der Waals surface area contributed by atoms with E-state index in [4.69, 9.17) is 4.74 Å². The van der Waals surface area contributed by atoms with Crippen LogP contribution in [0.3, 0.4) is 0 Å². The summed E-state index contributed by atoms with van der Waals surface area (Å²) in [6, 6.07) is 1.68. The highest BCUT2D eigenvalue weighted by Crippen LogP contribution is 2.11. The Kier molecular flexibility index (Phi) is 5.85. The fraction of sp³-hybridized carbons (Fsp3) is 0.692. The van der Waals surface area contributed by atoms with Crippen molar-refractivity contribution in [3.8, 4) is 0 Å². The number of ether oxygens (including phenoxy) is 1. The molecule has 0 aromatic carbocycles. The van der Waals surface area contributed by atoms with Gasteiger partial charge in [-0.3, -0.25) is 4.79 Å². The van der Waals surface area contributed by atoms with Crippen LogP contribution in [-0.4, -0.2) is 41.4 Å². The van der Waals surface area contributed by atoms with E-state index in [0.29, 0.717) is 6.54 Å². The first-order chi connectivity index (χ1) is 9.31. The summed E-state index contributed by atoms with van der Waals surface area (Å²) in [6.07, 6.45) is 5.04. The van der Waals surface area contributed by atoms with E-state index in [1.807, 2.05) is 0 Å². The van der Waals surface area contributed by atoms with E-state index in [1.165, 1.54) is 0 Å². The summed E-state index contributed by atoms with van der Waals surface area (Å²) in [5, 5.41) is 5.28. The number of halogens is 1. The van der Waals surface area contributed by atoms with Gasteiger partial charge in [0.05, 0.1) is 25.1 Å². The lowest BCUT2D eigenvalue weighted by Gasteiger charge is -2.28. The Balaban J connectivity index is 1.94. The van der Waals surface area contributed by atoms with Gasteiger partial charge < -0.3 is 9.64 Å². The molecule has 1 fully saturated rings. The second kappa shape index (κ2) is 7.65. The molecule has 0 radical (unpaired) electrons. The number of morpholine rings is 1. The molecule has 0 aliphatic carbocycles. The lowest BCUT2D eigenvalue weighted by Crippen LogP contribution is -2.37. The van der Waals surface area contributed by atoms with Crippen LogP contribution in [0, 0.1) is 0 Å². The van der Waals surface area contributed by atoms with Crippen molar-refractivity contribution in [2.45, 2.75) is 25.8 Å². The third-order valence-electron chi connectivity index (χ3n) is 3.23. The van der Waals surface area contributed by atoms with Crippen molar-refractivity contribution >= 4 is 21.6 Å². The number of alkyl halides is 1. The summed E-state index contributed by atoms with van der Waals surface area (Å²) in [6.45, 7) is 3.80. The molecule has 2 heterocycles. The Morgan fingerprint density at radius 3 is 2.74 bits per heavy atom. The number of nitrogens with zero attached hydrogens (tertiary/aromatic N) is 3. The van der Waals surface area contributed by atoms with Gasteiger partial charge in [-0.1, -0.05) is 22.4 Å². The molecule has 106 valence electrons. The molecule has 0 amide bonds. The maximum absolute atomic E-state index is 12.0. The van der Waals surface area contributed by atoms with E-state index in [1.54, 1.807) is 16.9 Å². The molecule has 1 aliphatic rings. The summed E-state index contributed by atoms with van der Waals surface area (Å²) in [7, 11) is 0. The lowest BCUT2D eigenvalue weighted by molar-refractivity contribution is 0.122. The van der Waals surface area contributed by atoms with Crippen LogP contribution in [0.4, 0.5) is 5.69 Å². The van der Waals surface area contributed by atoms with Crippen molar-refractivity contribution in [1.82, 2.24) is 9.78 Å². The van der Waals surface area contributed by atoms with Crippen molar-refractivity contribution in [1.29, 1.82) is 0 Å². The summed E-state index contributed by atoms with van der Waals surface area (Å²) in [5.74, 6) is 0. The van der Waals surface area contributed by atoms with E-state index in [-0.39, 0.29) is 5.56 Å². The molecule has 0 bridgehead atoms. The van der Waals surface area contributed by atoms with Crippen LogP contribution in [0.2, 0.25) is 0 Å². The average molecular weight is 330 g/mol. The number of hydrogen-bond acceptors (Lipinski definition) is 4. The molecule has 19 heavy (non-hydrogen) atoms. The van der Waals surface area contributed by atoms with Crippen LogP contribution in [0.25, 0.3) is 0 Å². The minimum Gasteiger partial charge on any atom is -0.378 e. The molecule has 0 saturated carbocycles. The fourth-order valence-corrected chi connectivity index (χ4v) is 2.52. The molecular formula is C13H20BrN3O2.